The highest BCUT2D eigenvalue weighted by molar-refractivity contribution is 6.05. The molecule has 126 valence electrons. The van der Waals surface area contributed by atoms with Crippen LogP contribution >= 0.6 is 0 Å². The maximum absolute atomic E-state index is 11.8. The number of nitrogens with zero attached hydrogens (tertiary/aromatic N) is 1. The fraction of sp³-hybridized carbons (Fsp3) is 0.0556. The molecule has 0 aliphatic rings. The quantitative estimate of drug-likeness (QED) is 0.563. The first-order chi connectivity index (χ1) is 11.9. The van der Waals surface area contributed by atoms with Crippen LogP contribution in [0, 0.1) is 0 Å². The van der Waals surface area contributed by atoms with Crippen LogP contribution in [0.5, 0.6) is 5.75 Å². The molecule has 0 radical (unpaired) electrons. The summed E-state index contributed by atoms with van der Waals surface area (Å²) >= 11 is 0. The molecule has 0 spiro atoms. The van der Waals surface area contributed by atoms with E-state index in [0.717, 1.165) is 5.56 Å². The number of primary amides is 2. The summed E-state index contributed by atoms with van der Waals surface area (Å²) in [7, 11) is 0. The Morgan fingerprint density at radius 1 is 1.00 bits per heavy atom. The molecule has 0 saturated carbocycles. The molecule has 25 heavy (non-hydrogen) atoms. The van der Waals surface area contributed by atoms with Gasteiger partial charge in [0.1, 0.15) is 5.75 Å². The third kappa shape index (κ3) is 2.94. The lowest BCUT2D eigenvalue weighted by molar-refractivity contribution is -0.131. The Balaban J connectivity index is 2.27. The maximum Gasteiger partial charge on any atom is 0.323 e. The number of esters is 1. The Bertz CT molecular complexity index is 1000. The van der Waals surface area contributed by atoms with E-state index in [1.807, 2.05) is 0 Å². The second-order valence-corrected chi connectivity index (χ2v) is 5.44. The molecule has 7 nitrogen and oxygen atoms in total. The van der Waals surface area contributed by atoms with E-state index >= 15 is 0 Å². The van der Waals surface area contributed by atoms with Gasteiger partial charge < -0.3 is 16.2 Å². The lowest BCUT2D eigenvalue weighted by Gasteiger charge is -2.06. The van der Waals surface area contributed by atoms with Crippen LogP contribution < -0.4 is 16.2 Å². The van der Waals surface area contributed by atoms with Gasteiger partial charge in [-0.15, -0.1) is 0 Å². The van der Waals surface area contributed by atoms with Crippen LogP contribution in [0.2, 0.25) is 0 Å². The molecule has 0 aliphatic carbocycles. The second-order valence-electron chi connectivity index (χ2n) is 5.44. The van der Waals surface area contributed by atoms with E-state index in [-0.39, 0.29) is 0 Å². The smallest absolute Gasteiger partial charge is 0.323 e. The number of nitrogens with two attached hydrogens (primary N) is 2. The summed E-state index contributed by atoms with van der Waals surface area (Å²) in [5, 5.41) is 0.573. The van der Waals surface area contributed by atoms with Crippen LogP contribution in [0.4, 0.5) is 4.79 Å². The molecule has 3 aromatic rings. The van der Waals surface area contributed by atoms with Crippen molar-refractivity contribution in [2.75, 3.05) is 0 Å². The van der Waals surface area contributed by atoms with Gasteiger partial charge in [0.05, 0.1) is 10.9 Å². The number of carbonyl (C=O) groups excluding carboxylic acids is 3. The topological polar surface area (TPSA) is 117 Å². The zero-order valence-corrected chi connectivity index (χ0v) is 13.4. The summed E-state index contributed by atoms with van der Waals surface area (Å²) in [5.41, 5.74) is 12.9. The van der Waals surface area contributed by atoms with Crippen molar-refractivity contribution in [1.29, 1.82) is 0 Å². The molecule has 0 bridgehead atoms. The number of hydrogen-bond acceptors (Lipinski definition) is 4. The molecule has 3 rings (SSSR count). The van der Waals surface area contributed by atoms with Gasteiger partial charge in [-0.2, -0.15) is 0 Å². The fourth-order valence-corrected chi connectivity index (χ4v) is 2.71. The van der Waals surface area contributed by atoms with Crippen molar-refractivity contribution in [2.45, 2.75) is 6.92 Å². The lowest BCUT2D eigenvalue weighted by atomic mass is 10.0. The first-order valence-electron chi connectivity index (χ1n) is 7.41. The van der Waals surface area contributed by atoms with Gasteiger partial charge in [0.15, 0.2) is 0 Å². The van der Waals surface area contributed by atoms with Crippen LogP contribution in [-0.2, 0) is 4.79 Å². The van der Waals surface area contributed by atoms with Crippen LogP contribution in [0.3, 0.4) is 0 Å². The Morgan fingerprint density at radius 2 is 1.68 bits per heavy atom. The van der Waals surface area contributed by atoms with Crippen LogP contribution in [0.25, 0.3) is 22.0 Å². The molecule has 7 heteroatoms. The van der Waals surface area contributed by atoms with Gasteiger partial charge in [0, 0.05) is 24.2 Å². The van der Waals surface area contributed by atoms with E-state index in [0.29, 0.717) is 27.8 Å². The van der Waals surface area contributed by atoms with Crippen molar-refractivity contribution in [1.82, 2.24) is 4.57 Å². The summed E-state index contributed by atoms with van der Waals surface area (Å²) in [4.78, 5) is 34.4. The molecule has 2 amide bonds. The van der Waals surface area contributed by atoms with Gasteiger partial charge in [0.25, 0.3) is 0 Å². The van der Waals surface area contributed by atoms with Gasteiger partial charge in [-0.1, -0.05) is 18.2 Å². The standard InChI is InChI=1S/C18H15N3O4/c1-10(22)25-15-4-2-3-14-16(15)13(9-21(14)18(20)24)11-5-7-12(8-6-11)17(19)23/h2-9H,1H3,(H2,19,23)(H2,20,24). The number of hydrogen-bond donors (Lipinski definition) is 2. The van der Waals surface area contributed by atoms with Gasteiger partial charge in [-0.3, -0.25) is 14.2 Å². The number of benzene rings is 2. The summed E-state index contributed by atoms with van der Waals surface area (Å²) < 4.78 is 6.54. The van der Waals surface area contributed by atoms with Gasteiger partial charge in [0.2, 0.25) is 5.91 Å². The highest BCUT2D eigenvalue weighted by Gasteiger charge is 2.18. The molecule has 0 atom stereocenters. The Morgan fingerprint density at radius 3 is 2.24 bits per heavy atom. The highest BCUT2D eigenvalue weighted by atomic mass is 16.5. The third-order valence-electron chi connectivity index (χ3n) is 3.76. The summed E-state index contributed by atoms with van der Waals surface area (Å²) in [5.74, 6) is -0.694. The van der Waals surface area contributed by atoms with Crippen LogP contribution in [-0.4, -0.2) is 22.5 Å². The summed E-state index contributed by atoms with van der Waals surface area (Å²) in [6.07, 6.45) is 1.57. The van der Waals surface area contributed by atoms with E-state index in [1.54, 1.807) is 48.7 Å². The van der Waals surface area contributed by atoms with Crippen LogP contribution in [0.1, 0.15) is 17.3 Å². The normalized spacial score (nSPS) is 10.6. The zero-order valence-electron chi connectivity index (χ0n) is 13.4. The van der Waals surface area contributed by atoms with E-state index < -0.39 is 17.9 Å². The number of carbonyl (C=O) groups is 3. The maximum atomic E-state index is 11.8. The number of aromatic nitrogens is 1. The van der Waals surface area contributed by atoms with Crippen molar-refractivity contribution in [3.63, 3.8) is 0 Å². The fourth-order valence-electron chi connectivity index (χ4n) is 2.71. The van der Waals surface area contributed by atoms with Crippen molar-refractivity contribution in [3.05, 3.63) is 54.2 Å². The first-order valence-corrected chi connectivity index (χ1v) is 7.41. The monoisotopic (exact) mass is 337 g/mol. The van der Waals surface area contributed by atoms with Gasteiger partial charge >= 0.3 is 12.0 Å². The van der Waals surface area contributed by atoms with Crippen LogP contribution in [0.15, 0.2) is 48.7 Å². The van der Waals surface area contributed by atoms with Gasteiger partial charge in [-0.05, 0) is 29.8 Å². The molecule has 1 aromatic heterocycles. The van der Waals surface area contributed by atoms with Crippen molar-refractivity contribution >= 4 is 28.8 Å². The average Bonchev–Trinajstić information content (AvgIpc) is 2.95. The Labute approximate surface area is 142 Å². The lowest BCUT2D eigenvalue weighted by Crippen LogP contribution is -2.18. The van der Waals surface area contributed by atoms with Crippen molar-refractivity contribution in [3.8, 4) is 16.9 Å². The predicted octanol–water partition coefficient (Wildman–Crippen LogP) is 2.26. The van der Waals surface area contributed by atoms with E-state index in [4.69, 9.17) is 16.2 Å². The number of rotatable bonds is 3. The zero-order chi connectivity index (χ0) is 18.1. The number of ether oxygens (including phenoxy) is 1. The SMILES string of the molecule is CC(=O)Oc1cccc2c1c(-c1ccc(C(N)=O)cc1)cn2C(N)=O. The Hall–Kier alpha value is -3.61. The Kier molecular flexibility index (Phi) is 3.98. The van der Waals surface area contributed by atoms with Crippen molar-refractivity contribution < 1.29 is 19.1 Å². The molecule has 0 unspecified atom stereocenters. The second kappa shape index (κ2) is 6.12. The molecular weight excluding hydrogens is 322 g/mol. The minimum Gasteiger partial charge on any atom is -0.426 e. The molecular formula is C18H15N3O4. The minimum atomic E-state index is -0.662. The third-order valence-corrected chi connectivity index (χ3v) is 3.76. The van der Waals surface area contributed by atoms with Gasteiger partial charge in [-0.25, -0.2) is 4.79 Å². The molecule has 4 N–H and O–H groups in total. The first kappa shape index (κ1) is 16.3. The van der Waals surface area contributed by atoms with E-state index in [1.165, 1.54) is 11.5 Å². The predicted molar refractivity (Wildman–Crippen MR) is 92.2 cm³/mol. The molecule has 1 heterocycles. The largest absolute Gasteiger partial charge is 0.426 e. The van der Waals surface area contributed by atoms with E-state index in [9.17, 15) is 14.4 Å². The number of fused-ring (bicyclic) bond motifs is 1. The average molecular weight is 337 g/mol. The molecule has 0 saturated heterocycles. The summed E-state index contributed by atoms with van der Waals surface area (Å²) in [6.45, 7) is 1.30. The minimum absolute atomic E-state index is 0.318. The molecule has 0 fully saturated rings. The molecule has 0 aliphatic heterocycles. The van der Waals surface area contributed by atoms with Crippen molar-refractivity contribution in [2.24, 2.45) is 11.5 Å². The summed E-state index contributed by atoms with van der Waals surface area (Å²) in [6, 6.07) is 10.9. The highest BCUT2D eigenvalue weighted by Crippen LogP contribution is 2.37. The number of amides is 2. The van der Waals surface area contributed by atoms with E-state index in [2.05, 4.69) is 0 Å². The molecule has 2 aromatic carbocycles.